The monoisotopic (exact) mass is 198 g/mol. The molecule has 2 aliphatic carbocycles. The Morgan fingerprint density at radius 3 is 2.67 bits per heavy atom. The van der Waals surface area contributed by atoms with E-state index in [9.17, 15) is 4.79 Å². The molecule has 3 rings (SSSR count). The zero-order chi connectivity index (χ0) is 10.3. The number of hydrogen-bond acceptors (Lipinski definition) is 1. The highest BCUT2D eigenvalue weighted by Crippen LogP contribution is 2.44. The molecule has 1 nitrogen and oxygen atoms in total. The summed E-state index contributed by atoms with van der Waals surface area (Å²) in [5, 5.41) is 0. The predicted octanol–water partition coefficient (Wildman–Crippen LogP) is 3.08. The third-order valence-electron chi connectivity index (χ3n) is 3.64. The van der Waals surface area contributed by atoms with Gasteiger partial charge in [0.15, 0.2) is 5.78 Å². The molecule has 0 aliphatic heterocycles. The van der Waals surface area contributed by atoms with Gasteiger partial charge in [-0.3, -0.25) is 4.79 Å². The second-order valence-corrected chi connectivity index (χ2v) is 4.50. The van der Waals surface area contributed by atoms with Crippen LogP contribution in [0.25, 0.3) is 0 Å². The average molecular weight is 198 g/mol. The normalized spacial score (nSPS) is 29.1. The van der Waals surface area contributed by atoms with Gasteiger partial charge in [-0.05, 0) is 36.3 Å². The lowest BCUT2D eigenvalue weighted by Gasteiger charge is -2.08. The first-order valence-corrected chi connectivity index (χ1v) is 5.65. The van der Waals surface area contributed by atoms with E-state index >= 15 is 0 Å². The molecule has 1 aromatic carbocycles. The fourth-order valence-electron chi connectivity index (χ4n) is 2.87. The lowest BCUT2D eigenvalue weighted by molar-refractivity contribution is -0.115. The van der Waals surface area contributed by atoms with Crippen molar-refractivity contribution in [1.29, 1.82) is 0 Å². The van der Waals surface area contributed by atoms with Gasteiger partial charge >= 0.3 is 0 Å². The molecule has 2 unspecified atom stereocenters. The maximum absolute atomic E-state index is 12.1. The molecule has 0 aromatic heterocycles. The number of hydrogen-bond donors (Lipinski definition) is 0. The van der Waals surface area contributed by atoms with Gasteiger partial charge in [0.05, 0.1) is 0 Å². The van der Waals surface area contributed by atoms with E-state index in [0.29, 0.717) is 11.7 Å². The summed E-state index contributed by atoms with van der Waals surface area (Å²) in [6.07, 6.45) is 5.47. The van der Waals surface area contributed by atoms with E-state index in [-0.39, 0.29) is 5.92 Å². The fraction of sp³-hybridized carbons (Fsp3) is 0.357. The van der Waals surface area contributed by atoms with Gasteiger partial charge in [0.2, 0.25) is 0 Å². The summed E-state index contributed by atoms with van der Waals surface area (Å²) in [4.78, 5) is 12.1. The molecular weight excluding hydrogens is 184 g/mol. The van der Waals surface area contributed by atoms with Crippen LogP contribution in [0.2, 0.25) is 0 Å². The van der Waals surface area contributed by atoms with E-state index < -0.39 is 0 Å². The first-order chi connectivity index (χ1) is 7.36. The van der Waals surface area contributed by atoms with Gasteiger partial charge in [-0.1, -0.05) is 36.4 Å². The summed E-state index contributed by atoms with van der Waals surface area (Å²) >= 11 is 0. The van der Waals surface area contributed by atoms with Gasteiger partial charge < -0.3 is 0 Å². The largest absolute Gasteiger partial charge is 0.294 e. The third kappa shape index (κ3) is 1.34. The number of carbonyl (C=O) groups excluding carboxylic acids is 1. The van der Waals surface area contributed by atoms with Crippen LogP contribution in [0.15, 0.2) is 42.0 Å². The van der Waals surface area contributed by atoms with Gasteiger partial charge in [0.1, 0.15) is 0 Å². The Kier molecular flexibility index (Phi) is 1.98. The van der Waals surface area contributed by atoms with Gasteiger partial charge in [-0.15, -0.1) is 0 Å². The van der Waals surface area contributed by atoms with Crippen LogP contribution in [0.5, 0.6) is 0 Å². The second kappa shape index (κ2) is 3.34. The second-order valence-electron chi connectivity index (χ2n) is 4.50. The molecule has 0 heterocycles. The van der Waals surface area contributed by atoms with Gasteiger partial charge in [0.25, 0.3) is 0 Å². The molecule has 0 bridgehead atoms. The minimum Gasteiger partial charge on any atom is -0.294 e. The topological polar surface area (TPSA) is 17.1 Å². The summed E-state index contributed by atoms with van der Waals surface area (Å²) in [5.41, 5.74) is 2.31. The maximum Gasteiger partial charge on any atom is 0.166 e. The van der Waals surface area contributed by atoms with Gasteiger partial charge in [-0.2, -0.15) is 0 Å². The van der Waals surface area contributed by atoms with Crippen molar-refractivity contribution in [3.05, 3.63) is 47.5 Å². The number of ketones is 1. The Morgan fingerprint density at radius 2 is 1.93 bits per heavy atom. The first kappa shape index (κ1) is 8.90. The smallest absolute Gasteiger partial charge is 0.166 e. The molecule has 15 heavy (non-hydrogen) atoms. The summed E-state index contributed by atoms with van der Waals surface area (Å²) in [6, 6.07) is 10.2. The Balaban J connectivity index is 1.94. The molecule has 2 atom stereocenters. The molecule has 0 radical (unpaired) electrons. The Labute approximate surface area is 89.8 Å². The van der Waals surface area contributed by atoms with Crippen molar-refractivity contribution in [3.63, 3.8) is 0 Å². The molecule has 76 valence electrons. The van der Waals surface area contributed by atoms with Crippen molar-refractivity contribution in [1.82, 2.24) is 0 Å². The zero-order valence-electron chi connectivity index (χ0n) is 8.65. The molecular formula is C14H14O. The van der Waals surface area contributed by atoms with Gasteiger partial charge in [-0.25, -0.2) is 0 Å². The highest BCUT2D eigenvalue weighted by Gasteiger charge is 2.39. The summed E-state index contributed by atoms with van der Waals surface area (Å²) in [7, 11) is 0. The van der Waals surface area contributed by atoms with E-state index in [0.717, 1.165) is 18.4 Å². The van der Waals surface area contributed by atoms with Crippen molar-refractivity contribution in [2.24, 2.45) is 5.92 Å². The minimum absolute atomic E-state index is 0.141. The number of fused-ring (bicyclic) bond motifs is 1. The van der Waals surface area contributed by atoms with Crippen LogP contribution < -0.4 is 0 Å². The van der Waals surface area contributed by atoms with Crippen LogP contribution in [-0.2, 0) is 4.79 Å². The fourth-order valence-corrected chi connectivity index (χ4v) is 2.87. The standard InChI is InChI=1S/C14H14O/c15-14-12-8-4-7-11(12)9-13(14)10-5-2-1-3-6-10/h1-3,5-6,8,11,13H,4,7,9H2. The van der Waals surface area contributed by atoms with Crippen molar-refractivity contribution in [2.45, 2.75) is 25.2 Å². The van der Waals surface area contributed by atoms with E-state index in [1.54, 1.807) is 0 Å². The lowest BCUT2D eigenvalue weighted by Crippen LogP contribution is -2.05. The number of carbonyl (C=O) groups is 1. The predicted molar refractivity (Wildman–Crippen MR) is 59.6 cm³/mol. The summed E-state index contributed by atoms with van der Waals surface area (Å²) < 4.78 is 0. The molecule has 1 aromatic rings. The highest BCUT2D eigenvalue weighted by molar-refractivity contribution is 6.03. The van der Waals surface area contributed by atoms with Crippen molar-refractivity contribution in [3.8, 4) is 0 Å². The molecule has 1 heteroatoms. The molecule has 1 fully saturated rings. The summed E-state index contributed by atoms with van der Waals surface area (Å²) in [5.74, 6) is 1.08. The van der Waals surface area contributed by atoms with Crippen LogP contribution in [0, 0.1) is 5.92 Å². The Hall–Kier alpha value is -1.37. The minimum atomic E-state index is 0.141. The van der Waals surface area contributed by atoms with Crippen LogP contribution in [-0.4, -0.2) is 5.78 Å². The van der Waals surface area contributed by atoms with Crippen molar-refractivity contribution >= 4 is 5.78 Å². The van der Waals surface area contributed by atoms with Crippen LogP contribution in [0.4, 0.5) is 0 Å². The van der Waals surface area contributed by atoms with Crippen molar-refractivity contribution < 1.29 is 4.79 Å². The number of Topliss-reactive ketones (excluding diaryl/α,β-unsaturated/α-hetero) is 1. The lowest BCUT2D eigenvalue weighted by atomic mass is 9.95. The van der Waals surface area contributed by atoms with Gasteiger partial charge in [0, 0.05) is 5.92 Å². The van der Waals surface area contributed by atoms with Crippen LogP contribution >= 0.6 is 0 Å². The molecule has 0 saturated heterocycles. The average Bonchev–Trinajstić information content (AvgIpc) is 2.83. The van der Waals surface area contributed by atoms with Crippen LogP contribution in [0.1, 0.15) is 30.7 Å². The molecule has 0 amide bonds. The van der Waals surface area contributed by atoms with E-state index in [4.69, 9.17) is 0 Å². The molecule has 1 saturated carbocycles. The molecule has 0 N–H and O–H groups in total. The quantitative estimate of drug-likeness (QED) is 0.677. The van der Waals surface area contributed by atoms with E-state index in [1.165, 1.54) is 12.0 Å². The van der Waals surface area contributed by atoms with E-state index in [2.05, 4.69) is 18.2 Å². The van der Waals surface area contributed by atoms with Crippen LogP contribution in [0.3, 0.4) is 0 Å². The molecule has 0 spiro atoms. The van der Waals surface area contributed by atoms with Crippen molar-refractivity contribution in [2.75, 3.05) is 0 Å². The number of benzene rings is 1. The van der Waals surface area contributed by atoms with E-state index in [1.807, 2.05) is 18.2 Å². The highest BCUT2D eigenvalue weighted by atomic mass is 16.1. The Morgan fingerprint density at radius 1 is 1.13 bits per heavy atom. The first-order valence-electron chi connectivity index (χ1n) is 5.65. The number of allylic oxidation sites excluding steroid dienone is 2. The third-order valence-corrected chi connectivity index (χ3v) is 3.64. The Bertz CT molecular complexity index is 416. The zero-order valence-corrected chi connectivity index (χ0v) is 8.65. The summed E-state index contributed by atoms with van der Waals surface area (Å²) in [6.45, 7) is 0. The SMILES string of the molecule is O=C1C2=CCCC2CC1c1ccccc1. The maximum atomic E-state index is 12.1. The molecule has 2 aliphatic rings. The number of rotatable bonds is 1.